The molecular formula is C79H117F3N8O4S. The standard InChI is InChI=1S/3C10H14FN.3C10H15NO.C10H15N.C9H15NOS/c1-10(2,3)9-6-8(7-11)4-5-12-9;1-10(2,3)9-5-4-8(6-11)7-12-9;1-10(2,3)9-6-4-5-8(7-11)12-9;1-10(2,3)9-6-8(7-12)4-5-11-9;1-10(2,3)9-5-4-8(7-12)6-11-9;1-10(2,3)9-6-4-5-8(7-12)11-9;1-8-6-5-7-11-9(8)10(2,3)4;1-5-11-8-10-7(6-12-8)9(2,3)4/h4-6H,7H2,1-3H3;4-5,7H,6H2,1-3H3;4-6H,7H2,1-3H3;3*4-6,12H,7H2,1-3H3;5-7H,1-4H3;6H,5H2,1-4H3. The molecule has 0 spiro atoms. The molecular weight excluding hydrogens is 1210 g/mol. The summed E-state index contributed by atoms with van der Waals surface area (Å²) in [5.74, 6) is 0. The molecule has 0 atom stereocenters. The topological polar surface area (TPSA) is 173 Å². The lowest BCUT2D eigenvalue weighted by Crippen LogP contribution is -2.14. The van der Waals surface area contributed by atoms with Crippen molar-refractivity contribution < 1.29 is 33.2 Å². The lowest BCUT2D eigenvalue weighted by molar-refractivity contribution is 0.276. The van der Waals surface area contributed by atoms with E-state index in [1.165, 1.54) is 11.3 Å². The molecule has 3 N–H and O–H groups in total. The number of ether oxygens (including phenoxy) is 1. The highest BCUT2D eigenvalue weighted by atomic mass is 32.1. The monoisotopic (exact) mass is 1330 g/mol. The van der Waals surface area contributed by atoms with Gasteiger partial charge in [-0.2, -0.15) is 0 Å². The molecule has 0 saturated heterocycles. The summed E-state index contributed by atoms with van der Waals surface area (Å²) in [6.07, 6.45) is 8.58. The van der Waals surface area contributed by atoms with Crippen molar-refractivity contribution in [2.45, 2.75) is 263 Å². The molecule has 12 nitrogen and oxygen atoms in total. The fraction of sp³-hybridized carbons (Fsp3) is 0.519. The van der Waals surface area contributed by atoms with Gasteiger partial charge in [0.2, 0.25) is 0 Å². The molecule has 0 aliphatic heterocycles. The normalized spacial score (nSPS) is 11.7. The van der Waals surface area contributed by atoms with E-state index in [9.17, 15) is 13.2 Å². The van der Waals surface area contributed by atoms with Gasteiger partial charge in [0.15, 0.2) is 0 Å². The fourth-order valence-electron chi connectivity index (χ4n) is 7.88. The average Bonchev–Trinajstić information content (AvgIpc) is 1.78. The van der Waals surface area contributed by atoms with Gasteiger partial charge < -0.3 is 20.1 Å². The van der Waals surface area contributed by atoms with Crippen LogP contribution in [0.3, 0.4) is 0 Å². The van der Waals surface area contributed by atoms with Gasteiger partial charge in [0.05, 0.1) is 43.5 Å². The Labute approximate surface area is 574 Å². The Balaban J connectivity index is 0.000000543. The number of aryl methyl sites for hydroxylation is 1. The molecule has 8 rings (SSSR count). The molecule has 524 valence electrons. The van der Waals surface area contributed by atoms with Gasteiger partial charge in [0, 0.05) is 125 Å². The number of nitrogens with zero attached hydrogens (tertiary/aromatic N) is 8. The summed E-state index contributed by atoms with van der Waals surface area (Å²) < 4.78 is 41.9. The molecule has 0 aliphatic carbocycles. The van der Waals surface area contributed by atoms with E-state index in [0.29, 0.717) is 23.4 Å². The SMILES string of the molecule is CC(C)(C)c1cc(CF)ccn1.CC(C)(C)c1cc(CO)ccn1.CC(C)(C)c1ccc(CF)cn1.CC(C)(C)c1ccc(CO)cn1.CC(C)(C)c1cccc(CF)n1.CC(C)(C)c1cccc(CO)n1.CCOc1nc(C(C)(C)C)cs1.Cc1cccnc1C(C)(C)C. The summed E-state index contributed by atoms with van der Waals surface area (Å²) in [5, 5.41) is 29.4. The summed E-state index contributed by atoms with van der Waals surface area (Å²) >= 11 is 1.57. The van der Waals surface area contributed by atoms with Crippen LogP contribution in [0, 0.1) is 6.92 Å². The van der Waals surface area contributed by atoms with Gasteiger partial charge in [-0.25, -0.2) is 18.2 Å². The fourth-order valence-corrected chi connectivity index (χ4v) is 8.83. The Kier molecular flexibility index (Phi) is 35.7. The zero-order chi connectivity index (χ0) is 72.8. The van der Waals surface area contributed by atoms with Gasteiger partial charge in [0.25, 0.3) is 5.19 Å². The Hall–Kier alpha value is -6.85. The number of rotatable bonds is 8. The van der Waals surface area contributed by atoms with Crippen LogP contribution in [0.1, 0.15) is 258 Å². The highest BCUT2D eigenvalue weighted by Crippen LogP contribution is 2.29. The van der Waals surface area contributed by atoms with Crippen molar-refractivity contribution in [2.75, 3.05) is 6.61 Å². The van der Waals surface area contributed by atoms with Crippen LogP contribution in [0.25, 0.3) is 0 Å². The van der Waals surface area contributed by atoms with Crippen molar-refractivity contribution in [2.24, 2.45) is 0 Å². The second-order valence-electron chi connectivity index (χ2n) is 31.2. The highest BCUT2D eigenvalue weighted by Gasteiger charge is 2.21. The van der Waals surface area contributed by atoms with Crippen molar-refractivity contribution in [3.05, 3.63) is 218 Å². The van der Waals surface area contributed by atoms with Crippen LogP contribution in [0.4, 0.5) is 13.2 Å². The minimum atomic E-state index is -0.482. The van der Waals surface area contributed by atoms with E-state index in [4.69, 9.17) is 20.1 Å². The first kappa shape index (κ1) is 86.2. The first-order valence-corrected chi connectivity index (χ1v) is 33.4. The second-order valence-corrected chi connectivity index (χ2v) is 32.0. The molecule has 0 fully saturated rings. The molecule has 16 heteroatoms. The first-order valence-electron chi connectivity index (χ1n) is 32.5. The van der Waals surface area contributed by atoms with Gasteiger partial charge >= 0.3 is 0 Å². The zero-order valence-corrected chi connectivity index (χ0v) is 63.3. The first-order chi connectivity index (χ1) is 43.8. The van der Waals surface area contributed by atoms with E-state index >= 15 is 0 Å². The molecule has 8 aromatic heterocycles. The minimum absolute atomic E-state index is 0.00514. The predicted molar refractivity (Wildman–Crippen MR) is 389 cm³/mol. The molecule has 8 aromatic rings. The number of hydrogen-bond donors (Lipinski definition) is 3. The number of aromatic nitrogens is 8. The number of aliphatic hydroxyl groups is 3. The lowest BCUT2D eigenvalue weighted by atomic mass is 9.89. The van der Waals surface area contributed by atoms with E-state index in [2.05, 4.69) is 224 Å². The van der Waals surface area contributed by atoms with Gasteiger partial charge in [-0.1, -0.05) is 208 Å². The summed E-state index contributed by atoms with van der Waals surface area (Å²) in [5.41, 5.74) is 14.5. The zero-order valence-electron chi connectivity index (χ0n) is 62.5. The van der Waals surface area contributed by atoms with Crippen LogP contribution in [0.5, 0.6) is 5.19 Å². The second kappa shape index (κ2) is 39.4. The Morgan fingerprint density at radius 1 is 0.368 bits per heavy atom. The van der Waals surface area contributed by atoms with E-state index in [1.807, 2.05) is 85.9 Å². The van der Waals surface area contributed by atoms with E-state index in [0.717, 1.165) is 61.9 Å². The molecule has 0 bridgehead atoms. The van der Waals surface area contributed by atoms with Crippen molar-refractivity contribution in [3.8, 4) is 5.19 Å². The van der Waals surface area contributed by atoms with Crippen LogP contribution in [0.2, 0.25) is 0 Å². The molecule has 0 radical (unpaired) electrons. The molecule has 0 saturated carbocycles. The number of alkyl halides is 3. The van der Waals surface area contributed by atoms with Crippen molar-refractivity contribution in [1.82, 2.24) is 39.9 Å². The Morgan fingerprint density at radius 2 is 0.789 bits per heavy atom. The van der Waals surface area contributed by atoms with Crippen molar-refractivity contribution in [3.63, 3.8) is 0 Å². The molecule has 0 aromatic carbocycles. The summed E-state index contributed by atoms with van der Waals surface area (Å²) in [6, 6.07) is 30.1. The third-order valence-corrected chi connectivity index (χ3v) is 14.5. The number of hydrogen-bond acceptors (Lipinski definition) is 13. The lowest BCUT2D eigenvalue weighted by Gasteiger charge is -2.19. The largest absolute Gasteiger partial charge is 0.470 e. The van der Waals surface area contributed by atoms with Crippen LogP contribution in [-0.4, -0.2) is 61.8 Å². The maximum Gasteiger partial charge on any atom is 0.273 e. The summed E-state index contributed by atoms with van der Waals surface area (Å²) in [7, 11) is 0. The molecule has 8 heterocycles. The van der Waals surface area contributed by atoms with Gasteiger partial charge in [-0.15, -0.1) is 0 Å². The minimum Gasteiger partial charge on any atom is -0.470 e. The van der Waals surface area contributed by atoms with Crippen LogP contribution in [0.15, 0.2) is 133 Å². The quantitative estimate of drug-likeness (QED) is 0.132. The van der Waals surface area contributed by atoms with Crippen molar-refractivity contribution in [1.29, 1.82) is 0 Å². The molecule has 0 aliphatic rings. The number of halogens is 3. The van der Waals surface area contributed by atoms with Crippen LogP contribution in [-0.2, 0) is 83.2 Å². The maximum absolute atomic E-state index is 12.3. The van der Waals surface area contributed by atoms with E-state index < -0.39 is 20.0 Å². The van der Waals surface area contributed by atoms with E-state index in [-0.39, 0.29) is 63.1 Å². The average molecular weight is 1330 g/mol. The van der Waals surface area contributed by atoms with Gasteiger partial charge in [-0.05, 0) is 103 Å². The van der Waals surface area contributed by atoms with Crippen molar-refractivity contribution >= 4 is 11.3 Å². The summed E-state index contributed by atoms with van der Waals surface area (Å²) in [6.45, 7) is 54.3. The van der Waals surface area contributed by atoms with Crippen LogP contribution >= 0.6 is 11.3 Å². The Bertz CT molecular complexity index is 3120. The maximum atomic E-state index is 12.3. The van der Waals surface area contributed by atoms with E-state index in [1.54, 1.807) is 54.3 Å². The third kappa shape index (κ3) is 34.1. The highest BCUT2D eigenvalue weighted by molar-refractivity contribution is 7.11. The van der Waals surface area contributed by atoms with Crippen LogP contribution < -0.4 is 4.74 Å². The Morgan fingerprint density at radius 3 is 1.14 bits per heavy atom. The smallest absolute Gasteiger partial charge is 0.273 e. The number of aliphatic hydroxyl groups excluding tert-OH is 3. The van der Waals surface area contributed by atoms with Gasteiger partial charge in [-0.3, -0.25) is 34.9 Å². The predicted octanol–water partition coefficient (Wildman–Crippen LogP) is 19.7. The number of thiazole rings is 1. The summed E-state index contributed by atoms with van der Waals surface area (Å²) in [4.78, 5) is 34.1. The number of pyridine rings is 7. The van der Waals surface area contributed by atoms with Gasteiger partial charge in [0.1, 0.15) is 20.0 Å². The molecule has 0 unspecified atom stereocenters. The molecule has 95 heavy (non-hydrogen) atoms. The third-order valence-electron chi connectivity index (χ3n) is 13.7. The molecule has 0 amide bonds.